The highest BCUT2D eigenvalue weighted by atomic mass is 19.1. The Morgan fingerprint density at radius 3 is 1.95 bits per heavy atom. The summed E-state index contributed by atoms with van der Waals surface area (Å²) in [4.78, 5) is 27.7. The van der Waals surface area contributed by atoms with Crippen LogP contribution in [-0.2, 0) is 29.1 Å². The number of aliphatic hydroxyl groups is 1. The molecule has 2 atom stereocenters. The lowest BCUT2D eigenvalue weighted by Gasteiger charge is -2.23. The van der Waals surface area contributed by atoms with Crippen LogP contribution in [0.3, 0.4) is 0 Å². The summed E-state index contributed by atoms with van der Waals surface area (Å²) in [6, 6.07) is 45.2. The van der Waals surface area contributed by atoms with Gasteiger partial charge in [0, 0.05) is 42.8 Å². The van der Waals surface area contributed by atoms with E-state index in [1.165, 1.54) is 12.1 Å². The van der Waals surface area contributed by atoms with Crippen molar-refractivity contribution >= 4 is 17.4 Å². The predicted octanol–water partition coefficient (Wildman–Crippen LogP) is 10.7. The van der Waals surface area contributed by atoms with Crippen LogP contribution in [0.5, 0.6) is 0 Å². The standard InChI is InChI=1S/C48H49FN2O4/c1-34(2)46-45(48(54)50-40-21-13-6-14-22-40)44(37-19-11-5-12-20-37)47(38-24-26-39(49)27-25-38)51(46)30-29-42(53)32-43(55-33-36-17-9-4-10-18-36)31-41(52)28-23-35-15-7-3-8-16-35/h3-22,24-27,34,42-43,53H,23,28-33H2,1-2H3,(H,50,54). The largest absolute Gasteiger partial charge is 0.393 e. The third-order valence-corrected chi connectivity index (χ3v) is 9.83. The maximum absolute atomic E-state index is 14.4. The number of halogens is 1. The summed E-state index contributed by atoms with van der Waals surface area (Å²) in [6.45, 7) is 4.81. The van der Waals surface area contributed by atoms with Crippen molar-refractivity contribution in [2.45, 2.75) is 77.2 Å². The van der Waals surface area contributed by atoms with Crippen LogP contribution in [-0.4, -0.2) is 33.6 Å². The minimum atomic E-state index is -0.812. The van der Waals surface area contributed by atoms with E-state index in [4.69, 9.17) is 4.74 Å². The number of carbonyl (C=O) groups excluding carboxylic acids is 2. The first-order valence-corrected chi connectivity index (χ1v) is 19.1. The van der Waals surface area contributed by atoms with Crippen molar-refractivity contribution in [3.05, 3.63) is 174 Å². The summed E-state index contributed by atoms with van der Waals surface area (Å²) >= 11 is 0. The number of hydrogen-bond acceptors (Lipinski definition) is 4. The topological polar surface area (TPSA) is 80.6 Å². The van der Waals surface area contributed by atoms with E-state index in [9.17, 15) is 19.1 Å². The van der Waals surface area contributed by atoms with Gasteiger partial charge in [0.05, 0.1) is 30.1 Å². The van der Waals surface area contributed by atoms with E-state index in [1.54, 1.807) is 12.1 Å². The first-order valence-electron chi connectivity index (χ1n) is 19.1. The summed E-state index contributed by atoms with van der Waals surface area (Å²) in [5.41, 5.74) is 7.24. The third-order valence-electron chi connectivity index (χ3n) is 9.83. The first kappa shape index (κ1) is 39.1. The molecule has 282 valence electrons. The highest BCUT2D eigenvalue weighted by Gasteiger charge is 2.31. The number of benzene rings is 5. The van der Waals surface area contributed by atoms with Gasteiger partial charge < -0.3 is 19.7 Å². The number of ketones is 1. The van der Waals surface area contributed by atoms with Crippen molar-refractivity contribution in [2.75, 3.05) is 5.32 Å². The van der Waals surface area contributed by atoms with E-state index in [0.717, 1.165) is 39.2 Å². The number of ether oxygens (including phenoxy) is 1. The maximum Gasteiger partial charge on any atom is 0.258 e. The van der Waals surface area contributed by atoms with Gasteiger partial charge in [-0.1, -0.05) is 123 Å². The molecule has 0 radical (unpaired) electrons. The van der Waals surface area contributed by atoms with Gasteiger partial charge in [-0.25, -0.2) is 4.39 Å². The van der Waals surface area contributed by atoms with E-state index < -0.39 is 12.2 Å². The lowest BCUT2D eigenvalue weighted by molar-refractivity contribution is -0.122. The Balaban J connectivity index is 1.32. The van der Waals surface area contributed by atoms with Crippen LogP contribution in [0.15, 0.2) is 146 Å². The second-order valence-corrected chi connectivity index (χ2v) is 14.3. The van der Waals surface area contributed by atoms with E-state index in [-0.39, 0.29) is 36.3 Å². The van der Waals surface area contributed by atoms with Gasteiger partial charge >= 0.3 is 0 Å². The summed E-state index contributed by atoms with van der Waals surface area (Å²) < 4.78 is 22.8. The van der Waals surface area contributed by atoms with Gasteiger partial charge in [-0.15, -0.1) is 0 Å². The number of carbonyl (C=O) groups is 2. The fourth-order valence-electron chi connectivity index (χ4n) is 7.19. The molecule has 6 nitrogen and oxygen atoms in total. The number of para-hydroxylation sites is 1. The second-order valence-electron chi connectivity index (χ2n) is 14.3. The number of aryl methyl sites for hydroxylation is 1. The minimum Gasteiger partial charge on any atom is -0.393 e. The quantitative estimate of drug-likeness (QED) is 0.0921. The average Bonchev–Trinajstić information content (AvgIpc) is 3.56. The molecular formula is C48H49FN2O4. The number of rotatable bonds is 18. The van der Waals surface area contributed by atoms with E-state index >= 15 is 0 Å². The van der Waals surface area contributed by atoms with Crippen LogP contribution in [0.4, 0.5) is 10.1 Å². The molecular weight excluding hydrogens is 688 g/mol. The van der Waals surface area contributed by atoms with Gasteiger partial charge in [0.25, 0.3) is 5.91 Å². The van der Waals surface area contributed by atoms with Gasteiger partial charge in [-0.2, -0.15) is 0 Å². The number of aromatic nitrogens is 1. The van der Waals surface area contributed by atoms with E-state index in [1.807, 2.05) is 121 Å². The molecule has 0 aliphatic heterocycles. The van der Waals surface area contributed by atoms with E-state index in [2.05, 4.69) is 23.7 Å². The molecule has 5 aromatic carbocycles. The Hall–Kier alpha value is -5.63. The van der Waals surface area contributed by atoms with Crippen LogP contribution in [0, 0.1) is 5.82 Å². The summed E-state index contributed by atoms with van der Waals surface area (Å²) in [5.74, 6) is -0.611. The molecule has 0 aliphatic carbocycles. The molecule has 2 N–H and O–H groups in total. The fourth-order valence-corrected chi connectivity index (χ4v) is 7.19. The molecule has 1 aromatic heterocycles. The Bertz CT molecular complexity index is 2120. The highest BCUT2D eigenvalue weighted by molar-refractivity contribution is 6.12. The van der Waals surface area contributed by atoms with Crippen molar-refractivity contribution in [3.8, 4) is 22.4 Å². The zero-order valence-electron chi connectivity index (χ0n) is 31.5. The smallest absolute Gasteiger partial charge is 0.258 e. The molecule has 1 heterocycles. The lowest BCUT2D eigenvalue weighted by Crippen LogP contribution is -2.25. The van der Waals surface area contributed by atoms with Crippen molar-refractivity contribution < 1.29 is 23.8 Å². The Labute approximate surface area is 323 Å². The molecule has 0 fully saturated rings. The molecule has 0 saturated heterocycles. The third kappa shape index (κ3) is 10.5. The number of anilines is 1. The molecule has 0 spiro atoms. The molecule has 7 heteroatoms. The van der Waals surface area contributed by atoms with Gasteiger partial charge in [-0.3, -0.25) is 9.59 Å². The lowest BCUT2D eigenvalue weighted by atomic mass is 9.94. The Kier molecular flexibility index (Phi) is 13.6. The van der Waals surface area contributed by atoms with Crippen LogP contribution in [0.25, 0.3) is 22.4 Å². The zero-order chi connectivity index (χ0) is 38.6. The number of amides is 1. The molecule has 6 rings (SSSR count). The maximum atomic E-state index is 14.4. The van der Waals surface area contributed by atoms with Crippen molar-refractivity contribution in [1.29, 1.82) is 0 Å². The molecule has 1 amide bonds. The SMILES string of the molecule is CC(C)c1c(C(=O)Nc2ccccc2)c(-c2ccccc2)c(-c2ccc(F)cc2)n1CCC(O)CC(CC(=O)CCc1ccccc1)OCc1ccccc1. The fraction of sp³-hybridized carbons (Fsp3) is 0.250. The van der Waals surface area contributed by atoms with Gasteiger partial charge in [0.1, 0.15) is 11.6 Å². The van der Waals surface area contributed by atoms with Crippen LogP contribution in [0.1, 0.15) is 72.6 Å². The van der Waals surface area contributed by atoms with Crippen molar-refractivity contribution in [1.82, 2.24) is 4.57 Å². The van der Waals surface area contributed by atoms with Crippen molar-refractivity contribution in [2.24, 2.45) is 0 Å². The van der Waals surface area contributed by atoms with Crippen LogP contribution < -0.4 is 5.32 Å². The predicted molar refractivity (Wildman–Crippen MR) is 218 cm³/mol. The molecule has 2 unspecified atom stereocenters. The van der Waals surface area contributed by atoms with Gasteiger partial charge in [0.15, 0.2) is 0 Å². The number of Topliss-reactive ketones (excluding diaryl/α,β-unsaturated/α-hetero) is 1. The molecule has 55 heavy (non-hydrogen) atoms. The number of aliphatic hydroxyl groups excluding tert-OH is 1. The number of hydrogen-bond donors (Lipinski definition) is 2. The van der Waals surface area contributed by atoms with E-state index in [0.29, 0.717) is 43.7 Å². The molecule has 0 aliphatic rings. The Morgan fingerprint density at radius 2 is 1.33 bits per heavy atom. The molecule has 6 aromatic rings. The normalized spacial score (nSPS) is 12.4. The average molecular weight is 737 g/mol. The number of nitrogens with one attached hydrogen (secondary N) is 1. The summed E-state index contributed by atoms with van der Waals surface area (Å²) in [5, 5.41) is 14.8. The van der Waals surface area contributed by atoms with Crippen LogP contribution in [0.2, 0.25) is 0 Å². The summed E-state index contributed by atoms with van der Waals surface area (Å²) in [7, 11) is 0. The second kappa shape index (κ2) is 19.1. The van der Waals surface area contributed by atoms with Gasteiger partial charge in [-0.05, 0) is 77.4 Å². The highest BCUT2D eigenvalue weighted by Crippen LogP contribution is 2.42. The number of nitrogens with zero attached hydrogens (tertiary/aromatic N) is 1. The van der Waals surface area contributed by atoms with Crippen LogP contribution >= 0.6 is 0 Å². The monoisotopic (exact) mass is 736 g/mol. The Morgan fingerprint density at radius 1 is 0.745 bits per heavy atom. The molecule has 0 bridgehead atoms. The minimum absolute atomic E-state index is 0.0850. The molecule has 0 saturated carbocycles. The zero-order valence-corrected chi connectivity index (χ0v) is 31.5. The van der Waals surface area contributed by atoms with Gasteiger partial charge in [0.2, 0.25) is 0 Å². The van der Waals surface area contributed by atoms with Crippen molar-refractivity contribution in [3.63, 3.8) is 0 Å². The first-order chi connectivity index (χ1) is 26.8. The summed E-state index contributed by atoms with van der Waals surface area (Å²) in [6.07, 6.45) is 0.532.